The highest BCUT2D eigenvalue weighted by atomic mass is 35.5. The van der Waals surface area contributed by atoms with Crippen LogP contribution in [0.4, 0.5) is 4.39 Å². The molecule has 130 valence electrons. The van der Waals surface area contributed by atoms with Crippen molar-refractivity contribution >= 4 is 18.3 Å². The lowest BCUT2D eigenvalue weighted by molar-refractivity contribution is -0.124. The molecule has 24 heavy (non-hydrogen) atoms. The van der Waals surface area contributed by atoms with E-state index in [0.29, 0.717) is 31.0 Å². The van der Waals surface area contributed by atoms with E-state index in [0.717, 1.165) is 12.1 Å². The normalized spacial score (nSPS) is 17.1. The van der Waals surface area contributed by atoms with Gasteiger partial charge in [0.1, 0.15) is 11.5 Å². The van der Waals surface area contributed by atoms with E-state index in [1.165, 1.54) is 12.1 Å². The second kappa shape index (κ2) is 8.77. The number of ether oxygens (including phenoxy) is 1. The SMILES string of the molecule is Cl.O=C(CC1CNCCO1)NCc1cc(-c2ccc(F)cc2)no1. The third-order valence-electron chi connectivity index (χ3n) is 3.58. The van der Waals surface area contributed by atoms with Crippen LogP contribution in [0.25, 0.3) is 11.3 Å². The molecular weight excluding hydrogens is 337 g/mol. The van der Waals surface area contributed by atoms with Crippen molar-refractivity contribution in [1.82, 2.24) is 15.8 Å². The minimum absolute atomic E-state index is 0. The molecule has 0 radical (unpaired) electrons. The molecule has 1 unspecified atom stereocenters. The highest BCUT2D eigenvalue weighted by Gasteiger charge is 2.17. The number of carbonyl (C=O) groups excluding carboxylic acids is 1. The fourth-order valence-corrected chi connectivity index (χ4v) is 2.37. The molecule has 1 aromatic heterocycles. The van der Waals surface area contributed by atoms with Crippen LogP contribution in [0.2, 0.25) is 0 Å². The molecule has 1 amide bonds. The van der Waals surface area contributed by atoms with Crippen LogP contribution in [0.3, 0.4) is 0 Å². The first kappa shape index (κ1) is 18.4. The van der Waals surface area contributed by atoms with Crippen LogP contribution >= 0.6 is 12.4 Å². The number of nitrogens with one attached hydrogen (secondary N) is 2. The molecule has 0 aliphatic carbocycles. The molecule has 3 rings (SSSR count). The average Bonchev–Trinajstić information content (AvgIpc) is 3.04. The minimum Gasteiger partial charge on any atom is -0.375 e. The Bertz CT molecular complexity index is 657. The Morgan fingerprint density at radius 1 is 1.38 bits per heavy atom. The maximum atomic E-state index is 12.9. The van der Waals surface area contributed by atoms with Gasteiger partial charge in [0, 0.05) is 24.7 Å². The summed E-state index contributed by atoms with van der Waals surface area (Å²) in [4.78, 5) is 11.9. The Balaban J connectivity index is 0.00000208. The molecule has 8 heteroatoms. The fourth-order valence-electron chi connectivity index (χ4n) is 2.37. The maximum Gasteiger partial charge on any atom is 0.223 e. The van der Waals surface area contributed by atoms with Crippen molar-refractivity contribution in [2.45, 2.75) is 19.1 Å². The molecule has 2 N–H and O–H groups in total. The van der Waals surface area contributed by atoms with Crippen LogP contribution in [0.5, 0.6) is 0 Å². The zero-order valence-corrected chi connectivity index (χ0v) is 13.8. The smallest absolute Gasteiger partial charge is 0.223 e. The molecule has 1 fully saturated rings. The molecule has 0 saturated carbocycles. The van der Waals surface area contributed by atoms with Crippen LogP contribution in [0.15, 0.2) is 34.9 Å². The number of rotatable bonds is 5. The number of carbonyl (C=O) groups is 1. The predicted octanol–water partition coefficient (Wildman–Crippen LogP) is 1.90. The van der Waals surface area contributed by atoms with E-state index in [9.17, 15) is 9.18 Å². The topological polar surface area (TPSA) is 76.4 Å². The van der Waals surface area contributed by atoms with Crippen LogP contribution < -0.4 is 10.6 Å². The second-order valence-corrected chi connectivity index (χ2v) is 5.36. The molecule has 2 heterocycles. The fraction of sp³-hybridized carbons (Fsp3) is 0.375. The maximum absolute atomic E-state index is 12.9. The Labute approximate surface area is 145 Å². The van der Waals surface area contributed by atoms with Gasteiger partial charge in [-0.1, -0.05) is 5.16 Å². The minimum atomic E-state index is -0.302. The summed E-state index contributed by atoms with van der Waals surface area (Å²) in [6.45, 7) is 2.39. The summed E-state index contributed by atoms with van der Waals surface area (Å²) < 4.78 is 23.6. The molecule has 1 aliphatic heterocycles. The highest BCUT2D eigenvalue weighted by Crippen LogP contribution is 2.19. The predicted molar refractivity (Wildman–Crippen MR) is 88.2 cm³/mol. The van der Waals surface area contributed by atoms with E-state index in [4.69, 9.17) is 9.26 Å². The van der Waals surface area contributed by atoms with E-state index in [1.807, 2.05) is 0 Å². The van der Waals surface area contributed by atoms with Gasteiger partial charge in [0.2, 0.25) is 5.91 Å². The van der Waals surface area contributed by atoms with Crippen molar-refractivity contribution in [2.75, 3.05) is 19.7 Å². The summed E-state index contributed by atoms with van der Waals surface area (Å²) in [6.07, 6.45) is 0.222. The van der Waals surface area contributed by atoms with Crippen molar-refractivity contribution in [3.63, 3.8) is 0 Å². The van der Waals surface area contributed by atoms with Gasteiger partial charge in [0.05, 0.1) is 25.7 Å². The number of morpholine rings is 1. The van der Waals surface area contributed by atoms with E-state index in [-0.39, 0.29) is 36.8 Å². The van der Waals surface area contributed by atoms with Crippen molar-refractivity contribution in [2.24, 2.45) is 0 Å². The molecule has 0 spiro atoms. The van der Waals surface area contributed by atoms with Crippen molar-refractivity contribution in [1.29, 1.82) is 0 Å². The number of aromatic nitrogens is 1. The second-order valence-electron chi connectivity index (χ2n) is 5.36. The largest absolute Gasteiger partial charge is 0.375 e. The van der Waals surface area contributed by atoms with Gasteiger partial charge in [-0.2, -0.15) is 0 Å². The van der Waals surface area contributed by atoms with Crippen LogP contribution in [-0.4, -0.2) is 36.9 Å². The zero-order chi connectivity index (χ0) is 16.1. The van der Waals surface area contributed by atoms with Gasteiger partial charge in [-0.25, -0.2) is 4.39 Å². The number of benzene rings is 1. The van der Waals surface area contributed by atoms with Gasteiger partial charge in [0.15, 0.2) is 5.76 Å². The van der Waals surface area contributed by atoms with E-state index >= 15 is 0 Å². The van der Waals surface area contributed by atoms with Gasteiger partial charge in [-0.05, 0) is 24.3 Å². The molecule has 1 atom stereocenters. The Hall–Kier alpha value is -1.96. The number of nitrogens with zero attached hydrogens (tertiary/aromatic N) is 1. The first-order chi connectivity index (χ1) is 11.2. The number of amides is 1. The van der Waals surface area contributed by atoms with Gasteiger partial charge in [-0.3, -0.25) is 4.79 Å². The number of hydrogen-bond acceptors (Lipinski definition) is 5. The van der Waals surface area contributed by atoms with Gasteiger partial charge < -0.3 is 19.9 Å². The Kier molecular flexibility index (Phi) is 6.72. The summed E-state index contributed by atoms with van der Waals surface area (Å²) >= 11 is 0. The monoisotopic (exact) mass is 355 g/mol. The summed E-state index contributed by atoms with van der Waals surface area (Å²) in [5.74, 6) is 0.142. The summed E-state index contributed by atoms with van der Waals surface area (Å²) in [5.41, 5.74) is 1.36. The van der Waals surface area contributed by atoms with E-state index < -0.39 is 0 Å². The highest BCUT2D eigenvalue weighted by molar-refractivity contribution is 5.85. The van der Waals surface area contributed by atoms with Gasteiger partial charge in [-0.15, -0.1) is 12.4 Å². The van der Waals surface area contributed by atoms with E-state index in [1.54, 1.807) is 18.2 Å². The van der Waals surface area contributed by atoms with Gasteiger partial charge in [0.25, 0.3) is 0 Å². The lowest BCUT2D eigenvalue weighted by Gasteiger charge is -2.22. The van der Waals surface area contributed by atoms with Crippen molar-refractivity contribution in [3.05, 3.63) is 41.9 Å². The Morgan fingerprint density at radius 2 is 2.17 bits per heavy atom. The van der Waals surface area contributed by atoms with Crippen LogP contribution in [-0.2, 0) is 16.1 Å². The van der Waals surface area contributed by atoms with Crippen molar-refractivity contribution < 1.29 is 18.4 Å². The standard InChI is InChI=1S/C16H18FN3O3.ClH/c17-12-3-1-11(2-4-12)15-7-14(23-20-15)10-19-16(21)8-13-9-18-5-6-22-13;/h1-4,7,13,18H,5-6,8-10H2,(H,19,21);1H. The summed E-state index contributed by atoms with van der Waals surface area (Å²) in [7, 11) is 0. The molecular formula is C16H19ClFN3O3. The lowest BCUT2D eigenvalue weighted by atomic mass is 10.1. The molecule has 1 aromatic carbocycles. The molecule has 2 aromatic rings. The first-order valence-corrected chi connectivity index (χ1v) is 7.51. The van der Waals surface area contributed by atoms with E-state index in [2.05, 4.69) is 15.8 Å². The third kappa shape index (κ3) is 5.02. The summed E-state index contributed by atoms with van der Waals surface area (Å²) in [5, 5.41) is 9.89. The molecule has 1 saturated heterocycles. The lowest BCUT2D eigenvalue weighted by Crippen LogP contribution is -2.41. The average molecular weight is 356 g/mol. The summed E-state index contributed by atoms with van der Waals surface area (Å²) in [6, 6.07) is 7.71. The van der Waals surface area contributed by atoms with Crippen LogP contribution in [0, 0.1) is 5.82 Å². The van der Waals surface area contributed by atoms with Gasteiger partial charge >= 0.3 is 0 Å². The molecule has 0 bridgehead atoms. The quantitative estimate of drug-likeness (QED) is 0.856. The number of hydrogen-bond donors (Lipinski definition) is 2. The van der Waals surface area contributed by atoms with Crippen LogP contribution in [0.1, 0.15) is 12.2 Å². The number of halogens is 2. The molecule has 1 aliphatic rings. The first-order valence-electron chi connectivity index (χ1n) is 7.51. The van der Waals surface area contributed by atoms with Crippen molar-refractivity contribution in [3.8, 4) is 11.3 Å². The zero-order valence-electron chi connectivity index (χ0n) is 13.0. The Morgan fingerprint density at radius 3 is 2.88 bits per heavy atom. The third-order valence-corrected chi connectivity index (χ3v) is 3.58. The molecule has 6 nitrogen and oxygen atoms in total.